The molecule has 3 aromatic rings. The van der Waals surface area contributed by atoms with Crippen LogP contribution in [0.25, 0.3) is 0 Å². The number of para-hydroxylation sites is 1. The number of benzene rings is 1. The van der Waals surface area contributed by atoms with Gasteiger partial charge in [0.1, 0.15) is 4.21 Å². The predicted molar refractivity (Wildman–Crippen MR) is 101 cm³/mol. The fourth-order valence-corrected chi connectivity index (χ4v) is 4.30. The lowest BCUT2D eigenvalue weighted by Gasteiger charge is -2.13. The first-order valence-corrected chi connectivity index (χ1v) is 10.1. The molecule has 2 aromatic heterocycles. The molecular formula is C17H18N4O2S2. The summed E-state index contributed by atoms with van der Waals surface area (Å²) < 4.78 is 27.0. The van der Waals surface area contributed by atoms with Gasteiger partial charge in [-0.1, -0.05) is 38.1 Å². The van der Waals surface area contributed by atoms with E-state index in [0.29, 0.717) is 11.7 Å². The van der Waals surface area contributed by atoms with Crippen LogP contribution in [0.5, 0.6) is 0 Å². The minimum absolute atomic E-state index is 0.177. The number of anilines is 3. The molecular weight excluding hydrogens is 356 g/mol. The molecule has 0 aliphatic heterocycles. The van der Waals surface area contributed by atoms with E-state index in [4.69, 9.17) is 0 Å². The van der Waals surface area contributed by atoms with Gasteiger partial charge in [0.25, 0.3) is 10.0 Å². The van der Waals surface area contributed by atoms with Gasteiger partial charge < -0.3 is 5.32 Å². The van der Waals surface area contributed by atoms with Gasteiger partial charge in [0, 0.05) is 5.69 Å². The van der Waals surface area contributed by atoms with Crippen LogP contribution in [0, 0.1) is 0 Å². The first kappa shape index (κ1) is 17.4. The molecule has 0 aliphatic carbocycles. The maximum absolute atomic E-state index is 12.2. The summed E-state index contributed by atoms with van der Waals surface area (Å²) >= 11 is 1.15. The maximum atomic E-state index is 12.2. The van der Waals surface area contributed by atoms with Gasteiger partial charge in [-0.3, -0.25) is 4.72 Å². The molecule has 130 valence electrons. The number of sulfonamides is 1. The van der Waals surface area contributed by atoms with E-state index in [0.717, 1.165) is 17.0 Å². The Hall–Kier alpha value is -2.45. The third kappa shape index (κ3) is 4.15. The van der Waals surface area contributed by atoms with Gasteiger partial charge in [-0.25, -0.2) is 8.42 Å². The molecule has 0 fully saturated rings. The zero-order chi connectivity index (χ0) is 17.9. The normalized spacial score (nSPS) is 11.5. The van der Waals surface area contributed by atoms with Crippen LogP contribution in [0.1, 0.15) is 25.3 Å². The van der Waals surface area contributed by atoms with Crippen LogP contribution in [0.15, 0.2) is 58.1 Å². The predicted octanol–water partition coefficient (Wildman–Crippen LogP) is 4.21. The Labute approximate surface area is 151 Å². The number of aromatic nitrogens is 2. The van der Waals surface area contributed by atoms with Crippen molar-refractivity contribution in [3.05, 3.63) is 59.5 Å². The Kier molecular flexibility index (Phi) is 5.00. The molecule has 0 amide bonds. The van der Waals surface area contributed by atoms with Gasteiger partial charge in [0.2, 0.25) is 0 Å². The van der Waals surface area contributed by atoms with Gasteiger partial charge in [-0.2, -0.15) is 0 Å². The molecule has 0 spiro atoms. The number of thiophene rings is 1. The third-order valence-corrected chi connectivity index (χ3v) is 6.26. The van der Waals surface area contributed by atoms with Gasteiger partial charge in [-0.15, -0.1) is 21.5 Å². The second-order valence-corrected chi connectivity index (χ2v) is 8.57. The maximum Gasteiger partial charge on any atom is 0.272 e. The van der Waals surface area contributed by atoms with Crippen LogP contribution in [0.4, 0.5) is 17.3 Å². The van der Waals surface area contributed by atoms with Gasteiger partial charge in [0.05, 0.1) is 0 Å². The number of rotatable bonds is 6. The van der Waals surface area contributed by atoms with E-state index in [1.54, 1.807) is 29.6 Å². The van der Waals surface area contributed by atoms with Crippen LogP contribution in [-0.4, -0.2) is 18.6 Å². The topological polar surface area (TPSA) is 84.0 Å². The largest absolute Gasteiger partial charge is 0.338 e. The Balaban J connectivity index is 1.75. The first-order valence-electron chi connectivity index (χ1n) is 7.72. The molecule has 1 aromatic carbocycles. The highest BCUT2D eigenvalue weighted by atomic mass is 32.2. The van der Waals surface area contributed by atoms with Gasteiger partial charge in [-0.05, 0) is 41.1 Å². The quantitative estimate of drug-likeness (QED) is 0.675. The second kappa shape index (κ2) is 7.20. The van der Waals surface area contributed by atoms with Crippen molar-refractivity contribution in [3.63, 3.8) is 0 Å². The minimum atomic E-state index is -3.61. The Morgan fingerprint density at radius 3 is 2.32 bits per heavy atom. The molecule has 25 heavy (non-hydrogen) atoms. The lowest BCUT2D eigenvalue weighted by Crippen LogP contribution is -2.13. The van der Waals surface area contributed by atoms with Crippen molar-refractivity contribution < 1.29 is 8.42 Å². The standard InChI is InChI=1S/C17H18N4O2S2/c1-12(2)13-6-3-4-7-14(13)18-15-9-10-16(20-19-15)21-25(22,23)17-8-5-11-24-17/h3-12H,1-2H3,(H,18,19)(H,20,21). The molecule has 0 radical (unpaired) electrons. The monoisotopic (exact) mass is 374 g/mol. The highest BCUT2D eigenvalue weighted by molar-refractivity contribution is 7.94. The van der Waals surface area contributed by atoms with E-state index in [2.05, 4.69) is 40.2 Å². The summed E-state index contributed by atoms with van der Waals surface area (Å²) in [4.78, 5) is 0. The number of hydrogen-bond acceptors (Lipinski definition) is 6. The minimum Gasteiger partial charge on any atom is -0.338 e. The lowest BCUT2D eigenvalue weighted by atomic mass is 10.0. The zero-order valence-electron chi connectivity index (χ0n) is 13.8. The van der Waals surface area contributed by atoms with Crippen molar-refractivity contribution in [1.82, 2.24) is 10.2 Å². The molecule has 0 aliphatic rings. The third-order valence-electron chi connectivity index (χ3n) is 3.51. The molecule has 2 N–H and O–H groups in total. The van der Waals surface area contributed by atoms with Crippen molar-refractivity contribution in [2.75, 3.05) is 10.0 Å². The first-order chi connectivity index (χ1) is 12.0. The summed E-state index contributed by atoms with van der Waals surface area (Å²) in [5, 5.41) is 12.9. The van der Waals surface area contributed by atoms with Gasteiger partial charge >= 0.3 is 0 Å². The lowest BCUT2D eigenvalue weighted by molar-refractivity contribution is 0.603. The second-order valence-electron chi connectivity index (χ2n) is 5.71. The van der Waals surface area contributed by atoms with E-state index < -0.39 is 10.0 Å². The fourth-order valence-electron chi connectivity index (χ4n) is 2.31. The summed E-state index contributed by atoms with van der Waals surface area (Å²) in [5.74, 6) is 1.09. The van der Waals surface area contributed by atoms with E-state index >= 15 is 0 Å². The van der Waals surface area contributed by atoms with Crippen molar-refractivity contribution in [2.24, 2.45) is 0 Å². The number of nitrogens with one attached hydrogen (secondary N) is 2. The van der Waals surface area contributed by atoms with E-state index in [9.17, 15) is 8.42 Å². The Morgan fingerprint density at radius 2 is 1.68 bits per heavy atom. The molecule has 8 heteroatoms. The van der Waals surface area contributed by atoms with Crippen molar-refractivity contribution in [3.8, 4) is 0 Å². The summed E-state index contributed by atoms with van der Waals surface area (Å²) in [5.41, 5.74) is 2.13. The van der Waals surface area contributed by atoms with Crippen LogP contribution in [-0.2, 0) is 10.0 Å². The summed E-state index contributed by atoms with van der Waals surface area (Å²) in [6.45, 7) is 4.24. The van der Waals surface area contributed by atoms with Crippen molar-refractivity contribution >= 4 is 38.7 Å². The smallest absolute Gasteiger partial charge is 0.272 e. The summed E-state index contributed by atoms with van der Waals surface area (Å²) in [7, 11) is -3.61. The Bertz CT molecular complexity index is 937. The van der Waals surface area contributed by atoms with Crippen LogP contribution >= 0.6 is 11.3 Å². The van der Waals surface area contributed by atoms with Crippen molar-refractivity contribution in [2.45, 2.75) is 24.0 Å². The SMILES string of the molecule is CC(C)c1ccccc1Nc1ccc(NS(=O)(=O)c2cccs2)nn1. The molecule has 6 nitrogen and oxygen atoms in total. The highest BCUT2D eigenvalue weighted by Gasteiger charge is 2.16. The summed E-state index contributed by atoms with van der Waals surface area (Å²) in [6.07, 6.45) is 0. The molecule has 0 atom stereocenters. The van der Waals surface area contributed by atoms with E-state index in [-0.39, 0.29) is 10.0 Å². The molecule has 0 bridgehead atoms. The van der Waals surface area contributed by atoms with Crippen molar-refractivity contribution in [1.29, 1.82) is 0 Å². The fraction of sp³-hybridized carbons (Fsp3) is 0.176. The van der Waals surface area contributed by atoms with Crippen LogP contribution < -0.4 is 10.0 Å². The molecule has 3 rings (SSSR count). The van der Waals surface area contributed by atoms with E-state index in [1.807, 2.05) is 18.2 Å². The number of hydrogen-bond donors (Lipinski definition) is 2. The molecule has 0 saturated carbocycles. The number of nitrogens with zero attached hydrogens (tertiary/aromatic N) is 2. The van der Waals surface area contributed by atoms with E-state index in [1.165, 1.54) is 5.56 Å². The molecule has 0 saturated heterocycles. The highest BCUT2D eigenvalue weighted by Crippen LogP contribution is 2.26. The molecule has 0 unspecified atom stereocenters. The Morgan fingerprint density at radius 1 is 0.960 bits per heavy atom. The van der Waals surface area contributed by atoms with Gasteiger partial charge in [0.15, 0.2) is 11.6 Å². The van der Waals surface area contributed by atoms with Crippen LogP contribution in [0.3, 0.4) is 0 Å². The average molecular weight is 374 g/mol. The average Bonchev–Trinajstić information content (AvgIpc) is 3.12. The zero-order valence-corrected chi connectivity index (χ0v) is 15.4. The summed E-state index contributed by atoms with van der Waals surface area (Å²) in [6, 6.07) is 14.5. The molecule has 2 heterocycles. The van der Waals surface area contributed by atoms with Crippen LogP contribution in [0.2, 0.25) is 0 Å².